The average molecular weight is 330 g/mol. The minimum Gasteiger partial charge on any atom is -0.255 e. The molecule has 0 aromatic heterocycles. The zero-order chi connectivity index (χ0) is 12.4. The Kier molecular flexibility index (Phi) is 4.02. The van der Waals surface area contributed by atoms with Crippen molar-refractivity contribution in [1.82, 2.24) is 0 Å². The quantitative estimate of drug-likeness (QED) is 0.792. The Morgan fingerprint density at radius 3 is 2.47 bits per heavy atom. The van der Waals surface area contributed by atoms with E-state index in [1.807, 2.05) is 36.4 Å². The van der Waals surface area contributed by atoms with E-state index >= 15 is 0 Å². The third-order valence-electron chi connectivity index (χ3n) is 2.42. The fourth-order valence-electron chi connectivity index (χ4n) is 1.64. The molecule has 1 nitrogen and oxygen atoms in total. The van der Waals surface area contributed by atoms with Crippen molar-refractivity contribution in [3.05, 3.63) is 52.0 Å². The van der Waals surface area contributed by atoms with Crippen LogP contribution in [-0.4, -0.2) is 10.5 Å². The van der Waals surface area contributed by atoms with E-state index in [-0.39, 0.29) is 0 Å². The minimum atomic E-state index is -1.04. The highest BCUT2D eigenvalue weighted by molar-refractivity contribution is 9.10. The van der Waals surface area contributed by atoms with Crippen LogP contribution in [0.25, 0.3) is 11.1 Å². The molecule has 0 N–H and O–H groups in total. The van der Waals surface area contributed by atoms with E-state index in [1.54, 1.807) is 12.3 Å². The van der Waals surface area contributed by atoms with Crippen LogP contribution in [0.15, 0.2) is 51.8 Å². The SMILES string of the molecule is CS(=O)c1ccc(Cl)cc1-c1ccccc1Br. The molecule has 0 amide bonds. The lowest BCUT2D eigenvalue weighted by atomic mass is 10.1. The molecule has 0 fully saturated rings. The van der Waals surface area contributed by atoms with Crippen molar-refractivity contribution < 1.29 is 4.21 Å². The fraction of sp³-hybridized carbons (Fsp3) is 0.0769. The third-order valence-corrected chi connectivity index (χ3v) is 4.32. The van der Waals surface area contributed by atoms with E-state index in [2.05, 4.69) is 15.9 Å². The Morgan fingerprint density at radius 2 is 1.82 bits per heavy atom. The van der Waals surface area contributed by atoms with Crippen molar-refractivity contribution in [3.8, 4) is 11.1 Å². The fourth-order valence-corrected chi connectivity index (χ4v) is 3.05. The summed E-state index contributed by atoms with van der Waals surface area (Å²) in [6.45, 7) is 0. The van der Waals surface area contributed by atoms with E-state index in [9.17, 15) is 4.21 Å². The standard InChI is InChI=1S/C13H10BrClOS/c1-17(16)13-7-6-9(15)8-11(13)10-4-2-3-5-12(10)14/h2-8H,1H3. The van der Waals surface area contributed by atoms with Crippen LogP contribution in [-0.2, 0) is 10.8 Å². The van der Waals surface area contributed by atoms with Crippen LogP contribution in [0.1, 0.15) is 0 Å². The Labute approximate surface area is 116 Å². The summed E-state index contributed by atoms with van der Waals surface area (Å²) in [6.07, 6.45) is 1.67. The Balaban J connectivity index is 2.70. The predicted molar refractivity (Wildman–Crippen MR) is 76.9 cm³/mol. The van der Waals surface area contributed by atoms with Gasteiger partial charge in [-0.3, -0.25) is 4.21 Å². The molecule has 0 saturated carbocycles. The van der Waals surface area contributed by atoms with Gasteiger partial charge in [0.2, 0.25) is 0 Å². The van der Waals surface area contributed by atoms with Gasteiger partial charge in [-0.2, -0.15) is 0 Å². The first-order valence-electron chi connectivity index (χ1n) is 4.97. The molecular weight excluding hydrogens is 320 g/mol. The highest BCUT2D eigenvalue weighted by Gasteiger charge is 2.11. The molecule has 0 aliphatic carbocycles. The molecule has 0 saturated heterocycles. The second kappa shape index (κ2) is 5.34. The lowest BCUT2D eigenvalue weighted by Crippen LogP contribution is -1.92. The lowest BCUT2D eigenvalue weighted by Gasteiger charge is -2.09. The number of rotatable bonds is 2. The van der Waals surface area contributed by atoms with E-state index < -0.39 is 10.8 Å². The van der Waals surface area contributed by atoms with Gasteiger partial charge in [0.1, 0.15) is 0 Å². The molecule has 0 spiro atoms. The van der Waals surface area contributed by atoms with Gasteiger partial charge in [0.15, 0.2) is 0 Å². The predicted octanol–water partition coefficient (Wildman–Crippen LogP) is 4.51. The van der Waals surface area contributed by atoms with Crippen LogP contribution >= 0.6 is 27.5 Å². The largest absolute Gasteiger partial charge is 0.255 e. The third kappa shape index (κ3) is 2.79. The molecule has 0 radical (unpaired) electrons. The van der Waals surface area contributed by atoms with Gasteiger partial charge in [0, 0.05) is 26.2 Å². The molecule has 0 bridgehead atoms. The molecule has 17 heavy (non-hydrogen) atoms. The topological polar surface area (TPSA) is 17.1 Å². The molecule has 2 aromatic carbocycles. The normalized spacial score (nSPS) is 12.4. The molecule has 1 unspecified atom stereocenters. The molecule has 0 aliphatic heterocycles. The summed E-state index contributed by atoms with van der Waals surface area (Å²) in [7, 11) is -1.04. The number of benzene rings is 2. The van der Waals surface area contributed by atoms with Crippen molar-refractivity contribution in [1.29, 1.82) is 0 Å². The summed E-state index contributed by atoms with van der Waals surface area (Å²) in [5.41, 5.74) is 1.91. The van der Waals surface area contributed by atoms with Crippen molar-refractivity contribution in [2.24, 2.45) is 0 Å². The maximum Gasteiger partial charge on any atom is 0.0504 e. The van der Waals surface area contributed by atoms with Crippen molar-refractivity contribution in [3.63, 3.8) is 0 Å². The number of halogens is 2. The molecule has 2 aromatic rings. The van der Waals surface area contributed by atoms with Crippen LogP contribution < -0.4 is 0 Å². The van der Waals surface area contributed by atoms with Gasteiger partial charge in [-0.1, -0.05) is 45.7 Å². The van der Waals surface area contributed by atoms with Gasteiger partial charge < -0.3 is 0 Å². The van der Waals surface area contributed by atoms with Gasteiger partial charge >= 0.3 is 0 Å². The summed E-state index contributed by atoms with van der Waals surface area (Å²) in [4.78, 5) is 0.793. The van der Waals surface area contributed by atoms with Gasteiger partial charge in [-0.15, -0.1) is 0 Å². The lowest BCUT2D eigenvalue weighted by molar-refractivity contribution is 0.687. The smallest absolute Gasteiger partial charge is 0.0504 e. The van der Waals surface area contributed by atoms with Crippen molar-refractivity contribution in [2.45, 2.75) is 4.90 Å². The number of hydrogen-bond donors (Lipinski definition) is 0. The molecular formula is C13H10BrClOS. The van der Waals surface area contributed by atoms with Gasteiger partial charge in [-0.05, 0) is 29.8 Å². The highest BCUT2D eigenvalue weighted by Crippen LogP contribution is 2.33. The molecule has 2 rings (SSSR count). The van der Waals surface area contributed by atoms with Crippen LogP contribution in [0.5, 0.6) is 0 Å². The minimum absolute atomic E-state index is 0.643. The van der Waals surface area contributed by atoms with E-state index in [0.717, 1.165) is 20.5 Å². The Morgan fingerprint density at radius 1 is 1.12 bits per heavy atom. The van der Waals surface area contributed by atoms with Crippen LogP contribution in [0.4, 0.5) is 0 Å². The van der Waals surface area contributed by atoms with Crippen LogP contribution in [0.3, 0.4) is 0 Å². The highest BCUT2D eigenvalue weighted by atomic mass is 79.9. The first-order valence-corrected chi connectivity index (χ1v) is 7.70. The summed E-state index contributed by atoms with van der Waals surface area (Å²) >= 11 is 9.51. The van der Waals surface area contributed by atoms with E-state index in [0.29, 0.717) is 5.02 Å². The second-order valence-corrected chi connectivity index (χ2v) is 6.21. The zero-order valence-corrected chi connectivity index (χ0v) is 12.3. The summed E-state index contributed by atoms with van der Waals surface area (Å²) in [5.74, 6) is 0. The van der Waals surface area contributed by atoms with Gasteiger partial charge in [0.25, 0.3) is 0 Å². The maximum absolute atomic E-state index is 11.7. The molecule has 0 aliphatic rings. The van der Waals surface area contributed by atoms with Crippen LogP contribution in [0, 0.1) is 0 Å². The first kappa shape index (κ1) is 12.8. The summed E-state index contributed by atoms with van der Waals surface area (Å²) in [5, 5.41) is 0.643. The monoisotopic (exact) mass is 328 g/mol. The van der Waals surface area contributed by atoms with Gasteiger partial charge in [0.05, 0.1) is 10.8 Å². The first-order chi connectivity index (χ1) is 8.09. The Bertz CT molecular complexity index is 583. The molecule has 4 heteroatoms. The summed E-state index contributed by atoms with van der Waals surface area (Å²) in [6, 6.07) is 13.2. The van der Waals surface area contributed by atoms with Crippen LogP contribution in [0.2, 0.25) is 5.02 Å². The molecule has 88 valence electrons. The molecule has 1 atom stereocenters. The van der Waals surface area contributed by atoms with Gasteiger partial charge in [-0.25, -0.2) is 0 Å². The zero-order valence-electron chi connectivity index (χ0n) is 9.11. The maximum atomic E-state index is 11.7. The van der Waals surface area contributed by atoms with Crippen molar-refractivity contribution in [2.75, 3.05) is 6.26 Å². The molecule has 0 heterocycles. The Hall–Kier alpha value is -0.640. The van der Waals surface area contributed by atoms with Crippen molar-refractivity contribution >= 4 is 38.3 Å². The average Bonchev–Trinajstić information content (AvgIpc) is 2.29. The second-order valence-electron chi connectivity index (χ2n) is 3.57. The summed E-state index contributed by atoms with van der Waals surface area (Å²) < 4.78 is 12.7. The van der Waals surface area contributed by atoms with E-state index in [1.165, 1.54) is 0 Å². The van der Waals surface area contributed by atoms with E-state index in [4.69, 9.17) is 11.6 Å². The number of hydrogen-bond acceptors (Lipinski definition) is 1.